The Morgan fingerprint density at radius 2 is 1.04 bits per heavy atom. The number of nitrogens with zero attached hydrogens (tertiary/aromatic N) is 4. The number of hydrogen-bond donors (Lipinski definition) is 2. The minimum atomic E-state index is -2.32. The largest absolute Gasteiger partial charge is 0.459 e. The number of aliphatic imine (C=N–C) groups is 2. The molecule has 4 N–H and O–H groups in total. The van der Waals surface area contributed by atoms with E-state index >= 15 is 9.59 Å². The van der Waals surface area contributed by atoms with Crippen molar-refractivity contribution in [3.63, 3.8) is 0 Å². The predicted molar refractivity (Wildman–Crippen MR) is 261 cm³/mol. The van der Waals surface area contributed by atoms with Gasteiger partial charge in [0.2, 0.25) is 17.0 Å². The molecular formula is C51H24F4N6O6S4. The third-order valence-electron chi connectivity index (χ3n) is 12.0. The molecular weight excluding hydrogens is 997 g/mol. The number of ether oxygens (including phenoxy) is 2. The van der Waals surface area contributed by atoms with Gasteiger partial charge in [0.05, 0.1) is 23.9 Å². The first kappa shape index (κ1) is 45.1. The van der Waals surface area contributed by atoms with Crippen molar-refractivity contribution >= 4 is 120 Å². The molecule has 4 aromatic carbocycles. The van der Waals surface area contributed by atoms with E-state index in [1.807, 2.05) is 0 Å². The number of hydrogen-bond acceptors (Lipinski definition) is 16. The zero-order valence-corrected chi connectivity index (χ0v) is 39.0. The second-order valence-corrected chi connectivity index (χ2v) is 20.2. The van der Waals surface area contributed by atoms with Gasteiger partial charge in [-0.15, -0.1) is 45.3 Å². The number of Topliss-reactive ketones (excluding diaryl/α,β-unsaturated/α-hetero) is 2. The van der Waals surface area contributed by atoms with Gasteiger partial charge in [-0.05, 0) is 47.5 Å². The van der Waals surface area contributed by atoms with Gasteiger partial charge in [-0.1, -0.05) is 60.7 Å². The van der Waals surface area contributed by atoms with E-state index in [0.717, 1.165) is 40.9 Å². The van der Waals surface area contributed by atoms with Gasteiger partial charge in [0, 0.05) is 49.2 Å². The van der Waals surface area contributed by atoms with Crippen molar-refractivity contribution in [1.82, 2.24) is 0 Å². The number of thiophene rings is 4. The lowest BCUT2D eigenvalue weighted by atomic mass is 9.79. The van der Waals surface area contributed by atoms with Crippen molar-refractivity contribution in [2.45, 2.75) is 18.6 Å². The monoisotopic (exact) mass is 1020 g/mol. The van der Waals surface area contributed by atoms with Gasteiger partial charge >= 0.3 is 11.9 Å². The molecule has 0 aliphatic heterocycles. The summed E-state index contributed by atoms with van der Waals surface area (Å²) < 4.78 is 72.4. The molecule has 0 fully saturated rings. The van der Waals surface area contributed by atoms with Gasteiger partial charge in [-0.25, -0.2) is 27.5 Å². The minimum absolute atomic E-state index is 0.0516. The number of rotatable bonds is 8. The van der Waals surface area contributed by atoms with Crippen LogP contribution in [0.3, 0.4) is 0 Å². The smallest absolute Gasteiger partial charge is 0.333 e. The van der Waals surface area contributed by atoms with Gasteiger partial charge in [0.15, 0.2) is 23.3 Å². The predicted octanol–water partition coefficient (Wildman–Crippen LogP) is 10.9. The summed E-state index contributed by atoms with van der Waals surface area (Å²) in [6, 6.07) is 27.1. The van der Waals surface area contributed by atoms with Gasteiger partial charge in [-0.3, -0.25) is 19.2 Å². The topological polar surface area (TPSA) is 211 Å². The molecule has 4 aromatic heterocycles. The summed E-state index contributed by atoms with van der Waals surface area (Å²) in [5.41, 5.74) is 8.64. The summed E-state index contributed by atoms with van der Waals surface area (Å²) in [5.74, 6) is -8.74. The van der Waals surface area contributed by atoms with E-state index in [2.05, 4.69) is 9.98 Å². The quantitative estimate of drug-likeness (QED) is 0.0636. The fourth-order valence-corrected chi connectivity index (χ4v) is 14.3. The molecule has 12 nitrogen and oxygen atoms in total. The molecule has 0 amide bonds. The molecule has 0 spiro atoms. The number of esters is 2. The van der Waals surface area contributed by atoms with Crippen LogP contribution in [0.25, 0.3) is 39.7 Å². The van der Waals surface area contributed by atoms with Gasteiger partial charge in [-0.2, -0.15) is 10.5 Å². The van der Waals surface area contributed by atoms with Crippen LogP contribution >= 0.6 is 45.3 Å². The van der Waals surface area contributed by atoms with Crippen LogP contribution in [-0.2, 0) is 37.7 Å². The summed E-state index contributed by atoms with van der Waals surface area (Å²) >= 11 is 4.55. The van der Waals surface area contributed by atoms with Crippen LogP contribution in [0.5, 0.6) is 0 Å². The maximum absolute atomic E-state index is 15.3. The Balaban J connectivity index is 1.11. The van der Waals surface area contributed by atoms with Crippen LogP contribution in [0, 0.1) is 45.9 Å². The van der Waals surface area contributed by atoms with E-state index in [9.17, 15) is 37.7 Å². The van der Waals surface area contributed by atoms with Crippen LogP contribution in [-0.4, -0.2) is 34.9 Å². The van der Waals surface area contributed by atoms with Crippen LogP contribution < -0.4 is 11.5 Å². The number of benzene rings is 4. The van der Waals surface area contributed by atoms with E-state index in [1.165, 1.54) is 28.7 Å². The summed E-state index contributed by atoms with van der Waals surface area (Å²) in [6.45, 7) is -0.492. The molecule has 0 bridgehead atoms. The fraction of sp³-hybridized carbons (Fsp3) is 0.0588. The van der Waals surface area contributed by atoms with Crippen LogP contribution in [0.15, 0.2) is 118 Å². The Bertz CT molecular complexity index is 3910. The van der Waals surface area contributed by atoms with Crippen molar-refractivity contribution in [3.8, 4) is 21.9 Å². The highest BCUT2D eigenvalue weighted by Gasteiger charge is 2.61. The average molecular weight is 1020 g/mol. The summed E-state index contributed by atoms with van der Waals surface area (Å²) in [6.07, 6.45) is 0. The molecule has 71 heavy (non-hydrogen) atoms. The van der Waals surface area contributed by atoms with E-state index in [0.29, 0.717) is 45.7 Å². The first-order valence-electron chi connectivity index (χ1n) is 20.9. The van der Waals surface area contributed by atoms with Gasteiger partial charge in [0.25, 0.3) is 0 Å². The highest BCUT2D eigenvalue weighted by atomic mass is 32.1. The zero-order valence-electron chi connectivity index (χ0n) is 35.7. The first-order valence-corrected chi connectivity index (χ1v) is 24.1. The Labute approximate surface area is 413 Å². The summed E-state index contributed by atoms with van der Waals surface area (Å²) in [7, 11) is 0. The lowest BCUT2D eigenvalue weighted by molar-refractivity contribution is -0.164. The Hall–Kier alpha value is -8.40. The van der Waals surface area contributed by atoms with Crippen molar-refractivity contribution in [2.24, 2.45) is 21.5 Å². The SMILES string of the molecule is N#CC(N)=C1C(=Nc2cc3c(s2)-c2sc4c(sc5cc(N=C6C(=O)c7cc(F)c(F)cc7/C6=C(\N)C#N)sc54)c2C3(C(=O)OCc2ccccc2)C(=O)OCc2ccccc2)C(=O)c2cc(F)c(F)cc21. The molecule has 20 heteroatoms. The maximum Gasteiger partial charge on any atom is 0.333 e. The molecule has 8 aromatic rings. The van der Waals surface area contributed by atoms with E-state index < -0.39 is 69.3 Å². The molecule has 0 atom stereocenters. The Morgan fingerprint density at radius 1 is 0.577 bits per heavy atom. The van der Waals surface area contributed by atoms with Crippen molar-refractivity contribution in [2.75, 3.05) is 0 Å². The lowest BCUT2D eigenvalue weighted by Gasteiger charge is -2.26. The van der Waals surface area contributed by atoms with Crippen LogP contribution in [0.4, 0.5) is 27.6 Å². The van der Waals surface area contributed by atoms with E-state index in [-0.39, 0.29) is 73.5 Å². The second-order valence-electron chi connectivity index (χ2n) is 16.0. The third kappa shape index (κ3) is 6.94. The number of ketones is 2. The molecule has 3 aliphatic carbocycles. The zero-order chi connectivity index (χ0) is 49.6. The molecule has 346 valence electrons. The van der Waals surface area contributed by atoms with Gasteiger partial charge < -0.3 is 20.9 Å². The summed E-state index contributed by atoms with van der Waals surface area (Å²) in [4.78, 5) is 68.1. The molecule has 4 heterocycles. The number of allylic oxidation sites excluding steroid dienone is 4. The highest BCUT2D eigenvalue weighted by molar-refractivity contribution is 7.41. The number of carbonyl (C=O) groups is 4. The van der Waals surface area contributed by atoms with Crippen molar-refractivity contribution in [3.05, 3.63) is 176 Å². The minimum Gasteiger partial charge on any atom is -0.459 e. The van der Waals surface area contributed by atoms with Crippen molar-refractivity contribution < 1.29 is 46.2 Å². The highest BCUT2D eigenvalue weighted by Crippen LogP contribution is 2.63. The van der Waals surface area contributed by atoms with E-state index in [1.54, 1.807) is 78.9 Å². The van der Waals surface area contributed by atoms with Gasteiger partial charge in [0.1, 0.15) is 58.2 Å². The lowest BCUT2D eigenvalue weighted by Crippen LogP contribution is -2.45. The van der Waals surface area contributed by atoms with Crippen LogP contribution in [0.2, 0.25) is 0 Å². The molecule has 0 saturated heterocycles. The second kappa shape index (κ2) is 16.9. The Kier molecular flexibility index (Phi) is 10.7. The van der Waals surface area contributed by atoms with Crippen LogP contribution in [0.1, 0.15) is 54.1 Å². The fourth-order valence-electron chi connectivity index (χ4n) is 8.82. The molecule has 0 unspecified atom stereocenters. The number of halogens is 4. The molecule has 3 aliphatic rings. The molecule has 11 rings (SSSR count). The number of fused-ring (bicyclic) bond motifs is 9. The van der Waals surface area contributed by atoms with Crippen molar-refractivity contribution in [1.29, 1.82) is 10.5 Å². The maximum atomic E-state index is 15.3. The number of nitrogens with two attached hydrogens (primary N) is 2. The standard InChI is InChI=1S/C51H24F4N6O6S4/c52-28-11-23-25(13-30(28)54)42(62)40(37(23)32(58)17-56)60-35-15-27-44(69-35)46-39(51(27,49(64)66-19-21-7-3-1-4-8-21)50(65)67-20-22-9-5-2-6-10-22)47-48(71-46)45-34(68-47)16-36(70-45)61-41-38(33(59)18-57)24-12-29(53)31(55)14-26(24)43(41)63/h1-16H,19-20,58-59H2/b37-32?,38-33+,60-40?,61-41?. The first-order chi connectivity index (χ1) is 34.2. The normalized spacial score (nSPS) is 16.8. The molecule has 0 radical (unpaired) electrons. The Morgan fingerprint density at radius 3 is 1.52 bits per heavy atom. The average Bonchev–Trinajstić information content (AvgIpc) is 4.24. The summed E-state index contributed by atoms with van der Waals surface area (Å²) in [5, 5.41) is 19.9. The third-order valence-corrected chi connectivity index (χ3v) is 17.0. The van der Waals surface area contributed by atoms with E-state index in [4.69, 9.17) is 20.9 Å². The number of carbonyl (C=O) groups excluding carboxylic acids is 4. The molecule has 0 saturated carbocycles. The number of nitriles is 2.